The van der Waals surface area contributed by atoms with E-state index in [2.05, 4.69) is 43.4 Å². The molecule has 0 heterocycles. The van der Waals surface area contributed by atoms with Crippen molar-refractivity contribution in [3.05, 3.63) is 0 Å². The predicted molar refractivity (Wildman–Crippen MR) is 105 cm³/mol. The van der Waals surface area contributed by atoms with Gasteiger partial charge in [-0.15, -0.1) is 18.3 Å². The first-order valence-electron chi connectivity index (χ1n) is 9.75. The fourth-order valence-corrected chi connectivity index (χ4v) is 2.46. The monoisotopic (exact) mass is 328 g/mol. The third-order valence-corrected chi connectivity index (χ3v) is 3.96. The fraction of sp³-hybridized carbons (Fsp3) is 0.739. The van der Waals surface area contributed by atoms with E-state index in [1.807, 2.05) is 0 Å². The molecular formula is C23H36O. The quantitative estimate of drug-likeness (QED) is 0.359. The molecule has 0 fully saturated rings. The van der Waals surface area contributed by atoms with Gasteiger partial charge in [0.1, 0.15) is 0 Å². The third-order valence-electron chi connectivity index (χ3n) is 3.96. The normalized spacial score (nSPS) is 11.1. The molecule has 0 aliphatic heterocycles. The first-order valence-corrected chi connectivity index (χ1v) is 9.75. The van der Waals surface area contributed by atoms with E-state index in [0.717, 1.165) is 31.6 Å². The van der Waals surface area contributed by atoms with Crippen LogP contribution in [0.25, 0.3) is 0 Å². The van der Waals surface area contributed by atoms with Gasteiger partial charge in [0.05, 0.1) is 0 Å². The maximum absolute atomic E-state index is 9.07. The molecule has 0 radical (unpaired) electrons. The average molecular weight is 329 g/mol. The molecular weight excluding hydrogens is 292 g/mol. The number of aliphatic hydroxyl groups excluding tert-OH is 1. The molecule has 0 aromatic heterocycles. The Balaban J connectivity index is 3.23. The van der Waals surface area contributed by atoms with Crippen LogP contribution in [-0.4, -0.2) is 11.2 Å². The first-order chi connectivity index (χ1) is 11.7. The van der Waals surface area contributed by atoms with E-state index >= 15 is 0 Å². The molecule has 1 N–H and O–H groups in total. The minimum Gasteiger partial charge on any atom is -0.369 e. The molecule has 1 heteroatoms. The molecule has 0 saturated carbocycles. The lowest BCUT2D eigenvalue weighted by atomic mass is 10.1. The summed E-state index contributed by atoms with van der Waals surface area (Å²) in [5.41, 5.74) is 0. The third kappa shape index (κ3) is 18.7. The number of rotatable bonds is 12. The number of hydrogen-bond donors (Lipinski definition) is 1. The summed E-state index contributed by atoms with van der Waals surface area (Å²) in [6, 6.07) is 0. The van der Waals surface area contributed by atoms with Gasteiger partial charge in [0.25, 0.3) is 0 Å². The predicted octanol–water partition coefficient (Wildman–Crippen LogP) is 5.71. The number of unbranched alkanes of at least 4 members (excludes halogenated alkanes) is 10. The Hall–Kier alpha value is -1.36. The van der Waals surface area contributed by atoms with Crippen LogP contribution in [0.2, 0.25) is 0 Å². The summed E-state index contributed by atoms with van der Waals surface area (Å²) in [4.78, 5) is 0. The summed E-state index contributed by atoms with van der Waals surface area (Å²) in [6.45, 7) is 4.57. The molecule has 0 aliphatic carbocycles. The second kappa shape index (κ2) is 18.0. The van der Waals surface area contributed by atoms with Crippen LogP contribution in [0.5, 0.6) is 0 Å². The van der Waals surface area contributed by atoms with Gasteiger partial charge in [0.15, 0.2) is 6.10 Å². The second-order valence-corrected chi connectivity index (χ2v) is 6.86. The van der Waals surface area contributed by atoms with Crippen LogP contribution in [0, 0.1) is 41.9 Å². The van der Waals surface area contributed by atoms with Crippen molar-refractivity contribution in [1.82, 2.24) is 0 Å². The number of terminal acetylenes is 1. The zero-order valence-corrected chi connectivity index (χ0v) is 15.9. The van der Waals surface area contributed by atoms with Gasteiger partial charge in [-0.2, -0.15) is 0 Å². The lowest BCUT2D eigenvalue weighted by molar-refractivity contribution is 0.289. The zero-order valence-electron chi connectivity index (χ0n) is 15.9. The molecule has 0 rings (SSSR count). The van der Waals surface area contributed by atoms with Gasteiger partial charge in [-0.05, 0) is 25.2 Å². The number of hydrogen-bond acceptors (Lipinski definition) is 1. The molecule has 0 aromatic carbocycles. The van der Waals surface area contributed by atoms with Crippen molar-refractivity contribution in [2.45, 2.75) is 103 Å². The average Bonchev–Trinajstić information content (AvgIpc) is 2.57. The maximum Gasteiger partial charge on any atom is 0.176 e. The van der Waals surface area contributed by atoms with Crippen molar-refractivity contribution in [2.75, 3.05) is 0 Å². The van der Waals surface area contributed by atoms with Gasteiger partial charge >= 0.3 is 0 Å². The van der Waals surface area contributed by atoms with Crippen LogP contribution < -0.4 is 0 Å². The molecule has 0 aromatic rings. The van der Waals surface area contributed by atoms with Gasteiger partial charge < -0.3 is 5.11 Å². The Morgan fingerprint density at radius 3 is 1.67 bits per heavy atom. The van der Waals surface area contributed by atoms with Crippen LogP contribution in [0.1, 0.15) is 97.3 Å². The Morgan fingerprint density at radius 1 is 0.708 bits per heavy atom. The molecule has 0 bridgehead atoms. The van der Waals surface area contributed by atoms with Gasteiger partial charge in [0, 0.05) is 19.3 Å². The van der Waals surface area contributed by atoms with Gasteiger partial charge in [-0.25, -0.2) is 0 Å². The zero-order chi connectivity index (χ0) is 17.9. The SMILES string of the molecule is C#CC(O)C#CCCCCCCCCCC#CCCCCC(C)C. The van der Waals surface area contributed by atoms with E-state index in [4.69, 9.17) is 11.5 Å². The highest BCUT2D eigenvalue weighted by Gasteiger charge is 1.93. The molecule has 0 amide bonds. The molecule has 0 saturated heterocycles. The van der Waals surface area contributed by atoms with Gasteiger partial charge in [-0.3, -0.25) is 0 Å². The van der Waals surface area contributed by atoms with Crippen LogP contribution in [-0.2, 0) is 0 Å². The minimum absolute atomic E-state index is 0.826. The lowest BCUT2D eigenvalue weighted by Gasteiger charge is -2.01. The highest BCUT2D eigenvalue weighted by atomic mass is 16.3. The Bertz CT molecular complexity index is 433. The highest BCUT2D eigenvalue weighted by molar-refractivity contribution is 5.15. The minimum atomic E-state index is -0.895. The molecule has 0 aliphatic rings. The number of aliphatic hydroxyl groups is 1. The molecule has 24 heavy (non-hydrogen) atoms. The largest absolute Gasteiger partial charge is 0.369 e. The molecule has 134 valence electrons. The van der Waals surface area contributed by atoms with Crippen molar-refractivity contribution < 1.29 is 5.11 Å². The summed E-state index contributed by atoms with van der Waals surface area (Å²) in [7, 11) is 0. The summed E-state index contributed by atoms with van der Waals surface area (Å²) >= 11 is 0. The van der Waals surface area contributed by atoms with Crippen molar-refractivity contribution in [3.63, 3.8) is 0 Å². The van der Waals surface area contributed by atoms with Crippen molar-refractivity contribution in [2.24, 2.45) is 5.92 Å². The van der Waals surface area contributed by atoms with Crippen LogP contribution >= 0.6 is 0 Å². The Kier molecular flexibility index (Phi) is 17.0. The van der Waals surface area contributed by atoms with Crippen molar-refractivity contribution in [1.29, 1.82) is 0 Å². The lowest BCUT2D eigenvalue weighted by Crippen LogP contribution is -1.96. The Morgan fingerprint density at radius 2 is 1.17 bits per heavy atom. The fourth-order valence-electron chi connectivity index (χ4n) is 2.46. The smallest absolute Gasteiger partial charge is 0.176 e. The summed E-state index contributed by atoms with van der Waals surface area (Å²) in [6.07, 6.45) is 19.8. The summed E-state index contributed by atoms with van der Waals surface area (Å²) in [5.74, 6) is 15.2. The topological polar surface area (TPSA) is 20.2 Å². The molecule has 0 spiro atoms. The second-order valence-electron chi connectivity index (χ2n) is 6.86. The van der Waals surface area contributed by atoms with Crippen molar-refractivity contribution >= 4 is 0 Å². The van der Waals surface area contributed by atoms with Gasteiger partial charge in [0.2, 0.25) is 0 Å². The first kappa shape index (κ1) is 22.6. The van der Waals surface area contributed by atoms with E-state index in [0.29, 0.717) is 0 Å². The van der Waals surface area contributed by atoms with E-state index in [9.17, 15) is 0 Å². The van der Waals surface area contributed by atoms with E-state index in [-0.39, 0.29) is 0 Å². The maximum atomic E-state index is 9.07. The van der Waals surface area contributed by atoms with E-state index < -0.39 is 6.10 Å². The van der Waals surface area contributed by atoms with Crippen LogP contribution in [0.4, 0.5) is 0 Å². The standard InChI is InChI=1S/C23H36O/c1-4-23(24)21-19-17-15-13-11-9-7-5-6-8-10-12-14-16-18-20-22(2)3/h1,22-24H,5-9,11,13-18,20H2,2-3H3. The van der Waals surface area contributed by atoms with Gasteiger partial charge in [-0.1, -0.05) is 76.6 Å². The van der Waals surface area contributed by atoms with E-state index in [1.165, 1.54) is 57.8 Å². The van der Waals surface area contributed by atoms with E-state index in [1.54, 1.807) is 0 Å². The van der Waals surface area contributed by atoms with Crippen molar-refractivity contribution in [3.8, 4) is 36.0 Å². The molecule has 1 unspecified atom stereocenters. The molecule has 1 atom stereocenters. The Labute approximate surface area is 151 Å². The summed E-state index contributed by atoms with van der Waals surface area (Å²) < 4.78 is 0. The van der Waals surface area contributed by atoms with Crippen LogP contribution in [0.15, 0.2) is 0 Å². The highest BCUT2D eigenvalue weighted by Crippen LogP contribution is 2.10. The van der Waals surface area contributed by atoms with Crippen LogP contribution in [0.3, 0.4) is 0 Å². The summed E-state index contributed by atoms with van der Waals surface area (Å²) in [5, 5.41) is 9.07. The molecule has 1 nitrogen and oxygen atoms in total.